The van der Waals surface area contributed by atoms with E-state index in [9.17, 15) is 0 Å². The van der Waals surface area contributed by atoms with Crippen molar-refractivity contribution in [1.29, 1.82) is 0 Å². The number of morpholine rings is 1. The molecule has 24 heavy (non-hydrogen) atoms. The Bertz CT molecular complexity index is 787. The minimum Gasteiger partial charge on any atom is -0.379 e. The predicted molar refractivity (Wildman–Crippen MR) is 99.0 cm³/mol. The van der Waals surface area contributed by atoms with Gasteiger partial charge >= 0.3 is 0 Å². The first-order chi connectivity index (χ1) is 11.9. The van der Waals surface area contributed by atoms with Crippen molar-refractivity contribution in [3.05, 3.63) is 53.6 Å². The number of hydrogen-bond donors (Lipinski definition) is 0. The van der Waals surface area contributed by atoms with Gasteiger partial charge in [0.1, 0.15) is 0 Å². The second kappa shape index (κ2) is 6.02. The van der Waals surface area contributed by atoms with Crippen LogP contribution >= 0.6 is 0 Å². The molecule has 0 unspecified atom stereocenters. The highest BCUT2D eigenvalue weighted by molar-refractivity contribution is 5.87. The van der Waals surface area contributed by atoms with Crippen LogP contribution in [0.1, 0.15) is 24.8 Å². The Kier molecular flexibility index (Phi) is 3.68. The van der Waals surface area contributed by atoms with E-state index < -0.39 is 0 Å². The summed E-state index contributed by atoms with van der Waals surface area (Å²) in [7, 11) is 0. The molecule has 3 aliphatic rings. The first-order valence-corrected chi connectivity index (χ1v) is 9.41. The van der Waals surface area contributed by atoms with Crippen LogP contribution < -0.4 is 0 Å². The lowest BCUT2D eigenvalue weighted by Gasteiger charge is -2.30. The summed E-state index contributed by atoms with van der Waals surface area (Å²) < 4.78 is 5.53. The summed E-state index contributed by atoms with van der Waals surface area (Å²) in [6.07, 6.45) is 4.18. The lowest BCUT2D eigenvalue weighted by atomic mass is 9.86. The van der Waals surface area contributed by atoms with Crippen molar-refractivity contribution < 1.29 is 4.74 Å². The van der Waals surface area contributed by atoms with E-state index in [0.717, 1.165) is 44.7 Å². The summed E-state index contributed by atoms with van der Waals surface area (Å²) in [6.45, 7) is 5.13. The summed E-state index contributed by atoms with van der Waals surface area (Å²) in [6, 6.07) is 15.8. The van der Waals surface area contributed by atoms with Gasteiger partial charge in [-0.05, 0) is 64.6 Å². The fourth-order valence-electron chi connectivity index (χ4n) is 5.03. The van der Waals surface area contributed by atoms with E-state index in [2.05, 4.69) is 47.4 Å². The lowest BCUT2D eigenvalue weighted by molar-refractivity contribution is 0.0414. The monoisotopic (exact) mass is 319 g/mol. The van der Waals surface area contributed by atoms with E-state index in [1.165, 1.54) is 35.6 Å². The van der Waals surface area contributed by atoms with E-state index in [-0.39, 0.29) is 0 Å². The maximum absolute atomic E-state index is 5.53. The lowest BCUT2D eigenvalue weighted by Crippen LogP contribution is -2.38. The van der Waals surface area contributed by atoms with Gasteiger partial charge in [0, 0.05) is 19.6 Å². The summed E-state index contributed by atoms with van der Waals surface area (Å²) in [5.74, 6) is 1.63. The van der Waals surface area contributed by atoms with Gasteiger partial charge in [-0.2, -0.15) is 0 Å². The number of ether oxygens (including phenoxy) is 1. The molecule has 2 nitrogen and oxygen atoms in total. The Hall–Kier alpha value is -1.64. The molecule has 0 radical (unpaired) electrons. The predicted octanol–water partition coefficient (Wildman–Crippen LogP) is 4.36. The highest BCUT2D eigenvalue weighted by atomic mass is 16.5. The van der Waals surface area contributed by atoms with Gasteiger partial charge in [-0.15, -0.1) is 0 Å². The van der Waals surface area contributed by atoms with Crippen molar-refractivity contribution in [2.45, 2.75) is 19.3 Å². The van der Waals surface area contributed by atoms with Crippen molar-refractivity contribution in [2.24, 2.45) is 11.8 Å². The van der Waals surface area contributed by atoms with Crippen LogP contribution in [0.3, 0.4) is 0 Å². The standard InChI is InChI=1S/C22H25NO/c1-2-4-17-13-19(7-5-16(17)3-1)22-20-8-6-18(14-20)21(22)15-23-9-11-24-12-10-23/h1-5,7,13,18,20H,6,8-12,14-15H2/t18-,20+/m1/s1. The van der Waals surface area contributed by atoms with Crippen molar-refractivity contribution in [3.63, 3.8) is 0 Å². The molecule has 0 aromatic heterocycles. The van der Waals surface area contributed by atoms with Gasteiger partial charge < -0.3 is 4.74 Å². The molecule has 1 saturated carbocycles. The molecular formula is C22H25NO. The van der Waals surface area contributed by atoms with Gasteiger partial charge in [0.15, 0.2) is 0 Å². The smallest absolute Gasteiger partial charge is 0.0594 e. The fourth-order valence-corrected chi connectivity index (χ4v) is 5.03. The van der Waals surface area contributed by atoms with Gasteiger partial charge in [-0.1, -0.05) is 36.4 Å². The third kappa shape index (κ3) is 2.49. The van der Waals surface area contributed by atoms with Crippen LogP contribution in [0, 0.1) is 11.8 Å². The summed E-state index contributed by atoms with van der Waals surface area (Å²) in [4.78, 5) is 2.60. The zero-order chi connectivity index (χ0) is 15.9. The third-order valence-corrected chi connectivity index (χ3v) is 6.24. The number of allylic oxidation sites excluding steroid dienone is 1. The zero-order valence-electron chi connectivity index (χ0n) is 14.2. The van der Waals surface area contributed by atoms with E-state index in [1.54, 1.807) is 11.1 Å². The molecule has 1 aliphatic heterocycles. The quantitative estimate of drug-likeness (QED) is 0.833. The fraction of sp³-hybridized carbons (Fsp3) is 0.455. The SMILES string of the molecule is c1ccc2cc(C3=C(CN4CCOCC4)[C@@H]4CC[C@H]3C4)ccc2c1. The van der Waals surface area contributed by atoms with Crippen molar-refractivity contribution in [1.82, 2.24) is 4.90 Å². The average Bonchev–Trinajstić information content (AvgIpc) is 3.24. The van der Waals surface area contributed by atoms with E-state index in [1.807, 2.05) is 0 Å². The maximum atomic E-state index is 5.53. The average molecular weight is 319 g/mol. The Morgan fingerprint density at radius 2 is 1.71 bits per heavy atom. The number of fused-ring (bicyclic) bond motifs is 3. The molecule has 5 rings (SSSR count). The van der Waals surface area contributed by atoms with Crippen LogP contribution in [-0.4, -0.2) is 37.7 Å². The van der Waals surface area contributed by atoms with Gasteiger partial charge in [0.05, 0.1) is 13.2 Å². The van der Waals surface area contributed by atoms with Gasteiger partial charge in [0.25, 0.3) is 0 Å². The molecular weight excluding hydrogens is 294 g/mol. The van der Waals surface area contributed by atoms with E-state index in [4.69, 9.17) is 4.74 Å². The zero-order valence-corrected chi connectivity index (χ0v) is 14.2. The highest BCUT2D eigenvalue weighted by Gasteiger charge is 2.39. The molecule has 2 atom stereocenters. The minimum atomic E-state index is 0.798. The van der Waals surface area contributed by atoms with Gasteiger partial charge in [-0.3, -0.25) is 4.90 Å². The molecule has 0 spiro atoms. The molecule has 2 bridgehead atoms. The van der Waals surface area contributed by atoms with Crippen LogP contribution in [0.15, 0.2) is 48.0 Å². The molecule has 124 valence electrons. The Morgan fingerprint density at radius 3 is 2.58 bits per heavy atom. The molecule has 0 amide bonds. The summed E-state index contributed by atoms with van der Waals surface area (Å²) in [5, 5.41) is 2.72. The van der Waals surface area contributed by atoms with Crippen LogP contribution in [0.4, 0.5) is 0 Å². The Balaban J connectivity index is 1.53. The molecule has 2 fully saturated rings. The van der Waals surface area contributed by atoms with Crippen molar-refractivity contribution in [2.75, 3.05) is 32.8 Å². The van der Waals surface area contributed by atoms with E-state index >= 15 is 0 Å². The summed E-state index contributed by atoms with van der Waals surface area (Å²) >= 11 is 0. The highest BCUT2D eigenvalue weighted by Crippen LogP contribution is 2.52. The van der Waals surface area contributed by atoms with Crippen molar-refractivity contribution in [3.8, 4) is 0 Å². The molecule has 2 aromatic carbocycles. The van der Waals surface area contributed by atoms with Crippen molar-refractivity contribution >= 4 is 16.3 Å². The number of benzene rings is 2. The largest absolute Gasteiger partial charge is 0.379 e. The molecule has 1 heterocycles. The first kappa shape index (κ1) is 14.7. The topological polar surface area (TPSA) is 12.5 Å². The normalized spacial score (nSPS) is 27.3. The molecule has 1 saturated heterocycles. The first-order valence-electron chi connectivity index (χ1n) is 9.41. The Morgan fingerprint density at radius 1 is 0.917 bits per heavy atom. The maximum Gasteiger partial charge on any atom is 0.0594 e. The van der Waals surface area contributed by atoms with Crippen LogP contribution in [-0.2, 0) is 4.74 Å². The molecule has 2 aliphatic carbocycles. The second-order valence-electron chi connectivity index (χ2n) is 7.60. The van der Waals surface area contributed by atoms with Gasteiger partial charge in [-0.25, -0.2) is 0 Å². The molecule has 2 aromatic rings. The number of hydrogen-bond acceptors (Lipinski definition) is 2. The Labute approximate surface area is 144 Å². The third-order valence-electron chi connectivity index (χ3n) is 6.24. The van der Waals surface area contributed by atoms with Gasteiger partial charge in [0.2, 0.25) is 0 Å². The number of nitrogens with zero attached hydrogens (tertiary/aromatic N) is 1. The number of rotatable bonds is 3. The molecule has 0 N–H and O–H groups in total. The van der Waals surface area contributed by atoms with Crippen LogP contribution in [0.25, 0.3) is 16.3 Å². The molecule has 2 heteroatoms. The van der Waals surface area contributed by atoms with Crippen LogP contribution in [0.2, 0.25) is 0 Å². The van der Waals surface area contributed by atoms with E-state index in [0.29, 0.717) is 0 Å². The minimum absolute atomic E-state index is 0.798. The second-order valence-corrected chi connectivity index (χ2v) is 7.60. The summed E-state index contributed by atoms with van der Waals surface area (Å²) in [5.41, 5.74) is 4.90. The van der Waals surface area contributed by atoms with Crippen LogP contribution in [0.5, 0.6) is 0 Å².